The Labute approximate surface area is 202 Å². The second kappa shape index (κ2) is 9.46. The van der Waals surface area contributed by atoms with Crippen molar-refractivity contribution >= 4 is 34.4 Å². The summed E-state index contributed by atoms with van der Waals surface area (Å²) >= 11 is 0. The first-order valence-electron chi connectivity index (χ1n) is 11.5. The number of carboxylic acid groups (broad SMARTS) is 1. The van der Waals surface area contributed by atoms with Crippen molar-refractivity contribution in [3.05, 3.63) is 102 Å². The van der Waals surface area contributed by atoms with Gasteiger partial charge in [0.15, 0.2) is 0 Å². The number of carbonyl (C=O) groups is 3. The summed E-state index contributed by atoms with van der Waals surface area (Å²) in [6, 6.07) is 24.9. The summed E-state index contributed by atoms with van der Waals surface area (Å²) in [6.07, 6.45) is 0.570. The van der Waals surface area contributed by atoms with E-state index >= 15 is 0 Å². The zero-order chi connectivity index (χ0) is 24.4. The third kappa shape index (κ3) is 4.66. The highest BCUT2D eigenvalue weighted by atomic mass is 16.4. The van der Waals surface area contributed by atoms with E-state index in [1.165, 1.54) is 0 Å². The van der Waals surface area contributed by atoms with Gasteiger partial charge in [0.25, 0.3) is 5.91 Å². The summed E-state index contributed by atoms with van der Waals surface area (Å²) in [5.41, 5.74) is 3.71. The summed E-state index contributed by atoms with van der Waals surface area (Å²) in [5.74, 6) is -1.69. The number of aromatic amines is 1. The van der Waals surface area contributed by atoms with E-state index in [1.54, 1.807) is 11.0 Å². The van der Waals surface area contributed by atoms with Gasteiger partial charge in [-0.1, -0.05) is 66.7 Å². The van der Waals surface area contributed by atoms with Crippen LogP contribution in [0.3, 0.4) is 0 Å². The molecule has 1 aliphatic heterocycles. The summed E-state index contributed by atoms with van der Waals surface area (Å²) in [7, 11) is 0. The number of nitrogens with one attached hydrogen (secondary N) is 2. The van der Waals surface area contributed by atoms with Gasteiger partial charge in [0, 0.05) is 23.0 Å². The van der Waals surface area contributed by atoms with Crippen LogP contribution in [0, 0.1) is 0 Å². The van der Waals surface area contributed by atoms with E-state index in [2.05, 4.69) is 10.3 Å². The standard InChI is InChI=1S/C28H25N3O4/c32-26(33)17-21-15-20-11-5-7-13-25(20)31(21)28(35)24(14-18-8-2-1-3-9-18)30-27(34)23-16-19-10-4-6-12-22(19)29-23/h1-13,16,21,24,29H,14-15,17H2,(H,30,34)(H,32,33)/t21?,24-/m0/s1. The minimum absolute atomic E-state index is 0.172. The fourth-order valence-electron chi connectivity index (χ4n) is 4.77. The molecule has 1 aliphatic rings. The molecule has 3 N–H and O–H groups in total. The van der Waals surface area contributed by atoms with E-state index in [1.807, 2.05) is 78.9 Å². The van der Waals surface area contributed by atoms with Gasteiger partial charge in [-0.2, -0.15) is 0 Å². The van der Waals surface area contributed by atoms with Gasteiger partial charge in [-0.3, -0.25) is 14.4 Å². The van der Waals surface area contributed by atoms with E-state index in [9.17, 15) is 19.5 Å². The normalized spacial score (nSPS) is 15.5. The summed E-state index contributed by atoms with van der Waals surface area (Å²) in [5, 5.41) is 13.3. The molecule has 2 heterocycles. The maximum absolute atomic E-state index is 14.0. The zero-order valence-corrected chi connectivity index (χ0v) is 19.0. The van der Waals surface area contributed by atoms with Crippen molar-refractivity contribution in [1.82, 2.24) is 10.3 Å². The van der Waals surface area contributed by atoms with Gasteiger partial charge >= 0.3 is 5.97 Å². The van der Waals surface area contributed by atoms with Crippen molar-refractivity contribution in [2.24, 2.45) is 0 Å². The number of nitrogens with zero attached hydrogens (tertiary/aromatic N) is 1. The molecule has 1 aromatic heterocycles. The lowest BCUT2D eigenvalue weighted by molar-refractivity contribution is -0.137. The zero-order valence-electron chi connectivity index (χ0n) is 19.0. The van der Waals surface area contributed by atoms with Crippen LogP contribution >= 0.6 is 0 Å². The Balaban J connectivity index is 1.47. The number of aliphatic carboxylic acids is 1. The third-order valence-corrected chi connectivity index (χ3v) is 6.38. The molecule has 7 heteroatoms. The second-order valence-electron chi connectivity index (χ2n) is 8.78. The molecule has 0 fully saturated rings. The van der Waals surface area contributed by atoms with Crippen molar-refractivity contribution in [2.75, 3.05) is 4.90 Å². The second-order valence-corrected chi connectivity index (χ2v) is 8.78. The van der Waals surface area contributed by atoms with Gasteiger partial charge in [0.05, 0.1) is 12.5 Å². The first kappa shape index (κ1) is 22.4. The summed E-state index contributed by atoms with van der Waals surface area (Å²) in [6.45, 7) is 0. The number of para-hydroxylation sites is 2. The lowest BCUT2D eigenvalue weighted by atomic mass is 10.0. The Morgan fingerprint density at radius 1 is 0.971 bits per heavy atom. The predicted octanol–water partition coefficient (Wildman–Crippen LogP) is 3.94. The molecular weight excluding hydrogens is 442 g/mol. The molecule has 0 saturated heterocycles. The van der Waals surface area contributed by atoms with Crippen LogP contribution in [0.4, 0.5) is 5.69 Å². The number of rotatable bonds is 7. The van der Waals surface area contributed by atoms with Crippen LogP contribution in [0.1, 0.15) is 28.0 Å². The van der Waals surface area contributed by atoms with Crippen LogP contribution in [-0.4, -0.2) is 40.0 Å². The van der Waals surface area contributed by atoms with Crippen LogP contribution in [0.5, 0.6) is 0 Å². The van der Waals surface area contributed by atoms with Crippen LogP contribution in [-0.2, 0) is 22.4 Å². The molecule has 4 aromatic rings. The van der Waals surface area contributed by atoms with Gasteiger partial charge in [0.2, 0.25) is 5.91 Å². The van der Waals surface area contributed by atoms with E-state index in [0.29, 0.717) is 17.8 Å². The lowest BCUT2D eigenvalue weighted by Gasteiger charge is -2.29. The molecule has 0 aliphatic carbocycles. The van der Waals surface area contributed by atoms with E-state index < -0.39 is 24.0 Å². The number of carboxylic acids is 1. The fourth-order valence-corrected chi connectivity index (χ4v) is 4.77. The molecule has 0 saturated carbocycles. The van der Waals surface area contributed by atoms with Crippen LogP contribution < -0.4 is 10.2 Å². The highest BCUT2D eigenvalue weighted by Crippen LogP contribution is 2.34. The monoisotopic (exact) mass is 467 g/mol. The summed E-state index contributed by atoms with van der Waals surface area (Å²) in [4.78, 5) is 43.4. The minimum atomic E-state index is -0.970. The number of H-pyrrole nitrogens is 1. The first-order valence-corrected chi connectivity index (χ1v) is 11.5. The molecule has 0 bridgehead atoms. The Bertz CT molecular complexity index is 1360. The third-order valence-electron chi connectivity index (χ3n) is 6.38. The van der Waals surface area contributed by atoms with Crippen molar-refractivity contribution in [2.45, 2.75) is 31.3 Å². The van der Waals surface area contributed by atoms with E-state index in [0.717, 1.165) is 22.0 Å². The predicted molar refractivity (Wildman–Crippen MR) is 133 cm³/mol. The molecule has 0 radical (unpaired) electrons. The maximum atomic E-state index is 14.0. The lowest BCUT2D eigenvalue weighted by Crippen LogP contribution is -2.52. The molecule has 5 rings (SSSR count). The molecule has 2 atom stereocenters. The largest absolute Gasteiger partial charge is 0.481 e. The number of hydrogen-bond donors (Lipinski definition) is 3. The number of hydrogen-bond acceptors (Lipinski definition) is 3. The van der Waals surface area contributed by atoms with Gasteiger partial charge in [0.1, 0.15) is 11.7 Å². The highest BCUT2D eigenvalue weighted by molar-refractivity contribution is 6.05. The Morgan fingerprint density at radius 3 is 2.46 bits per heavy atom. The van der Waals surface area contributed by atoms with Crippen LogP contribution in [0.2, 0.25) is 0 Å². The topological polar surface area (TPSA) is 102 Å². The van der Waals surface area contributed by atoms with Crippen LogP contribution in [0.25, 0.3) is 10.9 Å². The number of anilines is 1. The molecule has 2 amide bonds. The SMILES string of the molecule is O=C(O)CC1Cc2ccccc2N1C(=O)[C@H](Cc1ccccc1)NC(=O)c1cc2ccccc2[nH]1. The quantitative estimate of drug-likeness (QED) is 0.383. The molecule has 7 nitrogen and oxygen atoms in total. The smallest absolute Gasteiger partial charge is 0.305 e. The molecule has 176 valence electrons. The molecule has 0 spiro atoms. The van der Waals surface area contributed by atoms with Gasteiger partial charge in [-0.05, 0) is 35.7 Å². The highest BCUT2D eigenvalue weighted by Gasteiger charge is 2.38. The van der Waals surface area contributed by atoms with Gasteiger partial charge in [-0.25, -0.2) is 0 Å². The van der Waals surface area contributed by atoms with Crippen LogP contribution in [0.15, 0.2) is 84.9 Å². The van der Waals surface area contributed by atoms with E-state index in [4.69, 9.17) is 0 Å². The number of benzene rings is 3. The fraction of sp³-hybridized carbons (Fsp3) is 0.179. The summed E-state index contributed by atoms with van der Waals surface area (Å²) < 4.78 is 0. The first-order chi connectivity index (χ1) is 17.0. The van der Waals surface area contributed by atoms with Gasteiger partial charge in [-0.15, -0.1) is 0 Å². The molecular formula is C28H25N3O4. The maximum Gasteiger partial charge on any atom is 0.305 e. The Morgan fingerprint density at radius 2 is 1.69 bits per heavy atom. The molecule has 3 aromatic carbocycles. The van der Waals surface area contributed by atoms with Crippen molar-refractivity contribution in [3.8, 4) is 0 Å². The Kier molecular flexibility index (Phi) is 6.06. The van der Waals surface area contributed by atoms with Gasteiger partial charge < -0.3 is 20.3 Å². The Hall–Kier alpha value is -4.39. The number of aromatic nitrogens is 1. The number of fused-ring (bicyclic) bond motifs is 2. The van der Waals surface area contributed by atoms with Crippen molar-refractivity contribution < 1.29 is 19.5 Å². The minimum Gasteiger partial charge on any atom is -0.481 e. The average molecular weight is 468 g/mol. The van der Waals surface area contributed by atoms with Crippen molar-refractivity contribution in [3.63, 3.8) is 0 Å². The van der Waals surface area contributed by atoms with E-state index in [-0.39, 0.29) is 18.7 Å². The average Bonchev–Trinajstić information content (AvgIpc) is 3.44. The number of amides is 2. The molecule has 35 heavy (non-hydrogen) atoms. The number of carbonyl (C=O) groups excluding carboxylic acids is 2. The molecule has 1 unspecified atom stereocenters. The van der Waals surface area contributed by atoms with Crippen molar-refractivity contribution in [1.29, 1.82) is 0 Å².